The number of hydrogen-bond acceptors (Lipinski definition) is 15. The van der Waals surface area contributed by atoms with Crippen molar-refractivity contribution in [2.24, 2.45) is 21.8 Å². The number of nitrogens with zero attached hydrogens (tertiary/aromatic N) is 9. The second-order valence-electron chi connectivity index (χ2n) is 26.0. The quantitative estimate of drug-likeness (QED) is 0.105. The lowest BCUT2D eigenvalue weighted by atomic mass is 9.81. The third-order valence-corrected chi connectivity index (χ3v) is 22.4. The van der Waals surface area contributed by atoms with Crippen LogP contribution in [0.25, 0.3) is 0 Å². The van der Waals surface area contributed by atoms with Crippen molar-refractivity contribution in [2.75, 3.05) is 66.6 Å². The number of amides is 3. The number of carboxylic acids is 1. The number of piperazine rings is 2. The van der Waals surface area contributed by atoms with E-state index in [0.29, 0.717) is 74.8 Å². The minimum atomic E-state index is -0.959. The number of benzene rings is 4. The minimum Gasteiger partial charge on any atom is -0.480 e. The van der Waals surface area contributed by atoms with E-state index in [4.69, 9.17) is 61.5 Å². The van der Waals surface area contributed by atoms with Crippen LogP contribution >= 0.6 is 69.9 Å². The van der Waals surface area contributed by atoms with Crippen LogP contribution in [0.2, 0.25) is 20.1 Å². The van der Waals surface area contributed by atoms with Crippen molar-refractivity contribution in [2.45, 2.75) is 140 Å². The summed E-state index contributed by atoms with van der Waals surface area (Å²) in [6.45, 7) is 21.6. The number of aliphatic imine (C=N–C) groups is 2. The Morgan fingerprint density at radius 2 is 0.978 bits per heavy atom. The molecule has 0 unspecified atom stereocenters. The third kappa shape index (κ3) is 13.6. The van der Waals surface area contributed by atoms with Crippen molar-refractivity contribution in [1.29, 1.82) is 0 Å². The van der Waals surface area contributed by atoms with Crippen LogP contribution in [0.4, 0.5) is 0 Å². The number of amidine groups is 2. The van der Waals surface area contributed by atoms with Crippen molar-refractivity contribution < 1.29 is 34.5 Å². The Bertz CT molecular complexity index is 3490. The van der Waals surface area contributed by atoms with E-state index in [9.17, 15) is 29.4 Å². The van der Waals surface area contributed by atoms with Gasteiger partial charge in [0.05, 0.1) is 31.3 Å². The number of aliphatic carboxylic acids is 1. The first-order valence-corrected chi connectivity index (χ1v) is 34.6. The molecule has 4 fully saturated rings. The number of aliphatic hydroxyl groups excluding tert-OH is 2. The number of likely N-dealkylation sites (tertiary alicyclic amines) is 2. The van der Waals surface area contributed by atoms with E-state index in [0.717, 1.165) is 70.0 Å². The fourth-order valence-corrected chi connectivity index (χ4v) is 17.3. The van der Waals surface area contributed by atoms with Gasteiger partial charge >= 0.3 is 5.97 Å². The molecule has 0 spiro atoms. The maximum absolute atomic E-state index is 14.6. The monoisotopic (exact) mass is 1360 g/mol. The summed E-state index contributed by atoms with van der Waals surface area (Å²) in [6, 6.07) is 29.4. The van der Waals surface area contributed by atoms with Crippen LogP contribution in [0.5, 0.6) is 0 Å². The van der Waals surface area contributed by atoms with Gasteiger partial charge < -0.3 is 45.1 Å². The number of halogens is 4. The molecule has 8 aliphatic rings. The molecule has 3 amide bonds. The van der Waals surface area contributed by atoms with Crippen LogP contribution < -0.4 is 5.32 Å². The predicted molar refractivity (Wildman–Crippen MR) is 366 cm³/mol. The molecule has 4 saturated heterocycles. The summed E-state index contributed by atoms with van der Waals surface area (Å²) < 4.78 is 0. The summed E-state index contributed by atoms with van der Waals surface area (Å²) in [5.74, 6) is -1.31. The largest absolute Gasteiger partial charge is 0.480 e. The maximum Gasteiger partial charge on any atom is 0.326 e. The van der Waals surface area contributed by atoms with Crippen LogP contribution in [-0.4, -0.2) is 186 Å². The lowest BCUT2D eigenvalue weighted by Crippen LogP contribution is -2.58. The molecule has 0 radical (unpaired) electrons. The Morgan fingerprint density at radius 3 is 1.36 bits per heavy atom. The third-order valence-electron chi connectivity index (χ3n) is 19.3. The van der Waals surface area contributed by atoms with Crippen molar-refractivity contribution in [3.8, 4) is 0 Å². The van der Waals surface area contributed by atoms with Crippen molar-refractivity contribution >= 4 is 104 Å². The number of allylic oxidation sites excluding steroid dienone is 2. The van der Waals surface area contributed by atoms with Gasteiger partial charge in [-0.25, -0.2) is 14.8 Å². The number of nitrogens with one attached hydrogen (secondary N) is 1. The summed E-state index contributed by atoms with van der Waals surface area (Å²) >= 11 is 27.8. The van der Waals surface area contributed by atoms with Gasteiger partial charge in [-0.05, 0) is 174 Å². The molecular weight excluding hydrogens is 1270 g/mol. The second kappa shape index (κ2) is 28.4. The molecule has 4 aromatic rings. The van der Waals surface area contributed by atoms with Gasteiger partial charge in [0.15, 0.2) is 10.3 Å². The SMILES string of the molecule is CC(C)C1=C(C(=O)N2[C@H](C)CC[C@H]2C(=O)N2CCN(C)[C@H](CO)C2)SC2=N[C@@](C)(c3ccc(Cl)cc3)[C@@H](c3ccc(Cl)cc3)N21.CC(C)C1=C(C(=O)N2[C@H](C)CC[C@H]2C(=O)O)SC2=N[C@@](C)(c3ccc(Cl)cc3)[C@@H](c3ccc(Cl)cc3)N21.CN1CCNC[C@H]1CO. The van der Waals surface area contributed by atoms with Gasteiger partial charge in [-0.15, -0.1) is 0 Å². The summed E-state index contributed by atoms with van der Waals surface area (Å²) in [7, 11) is 4.01. The minimum absolute atomic E-state index is 0.00250. The highest BCUT2D eigenvalue weighted by Crippen LogP contribution is 2.59. The Kier molecular flexibility index (Phi) is 21.5. The normalized spacial score (nSPS) is 28.3. The maximum atomic E-state index is 14.6. The Balaban J connectivity index is 0.000000178. The number of aliphatic hydroxyl groups is 2. The smallest absolute Gasteiger partial charge is 0.326 e. The van der Waals surface area contributed by atoms with Gasteiger partial charge in [-0.2, -0.15) is 0 Å². The second-order valence-corrected chi connectivity index (χ2v) is 29.7. The van der Waals surface area contributed by atoms with Gasteiger partial charge in [0.2, 0.25) is 5.91 Å². The zero-order chi connectivity index (χ0) is 65.5. The summed E-state index contributed by atoms with van der Waals surface area (Å²) in [6.07, 6.45) is 2.53. The molecule has 91 heavy (non-hydrogen) atoms. The average Bonchev–Trinajstić information content (AvgIpc) is 1.57. The number of carbonyl (C=O) groups excluding carboxylic acids is 3. The van der Waals surface area contributed by atoms with Crippen molar-refractivity contribution in [1.82, 2.24) is 39.6 Å². The first kappa shape index (κ1) is 68.7. The number of carbonyl (C=O) groups is 4. The van der Waals surface area contributed by atoms with Gasteiger partial charge in [-0.1, -0.05) is 123 Å². The van der Waals surface area contributed by atoms with E-state index in [1.165, 1.54) is 23.5 Å². The summed E-state index contributed by atoms with van der Waals surface area (Å²) in [4.78, 5) is 80.1. The van der Waals surface area contributed by atoms with Crippen LogP contribution in [-0.2, 0) is 30.3 Å². The van der Waals surface area contributed by atoms with E-state index in [1.807, 2.05) is 135 Å². The lowest BCUT2D eigenvalue weighted by Gasteiger charge is -2.41. The molecular formula is C68H84Cl4N10O7S2. The number of rotatable bonds is 12. The number of fused-ring (bicyclic) bond motifs is 2. The van der Waals surface area contributed by atoms with Crippen LogP contribution in [0.15, 0.2) is 128 Å². The van der Waals surface area contributed by atoms with E-state index >= 15 is 0 Å². The first-order valence-electron chi connectivity index (χ1n) is 31.5. The van der Waals surface area contributed by atoms with E-state index in [-0.39, 0.29) is 73.0 Å². The fourth-order valence-electron chi connectivity index (χ4n) is 14.1. The highest BCUT2D eigenvalue weighted by molar-refractivity contribution is 8.18. The van der Waals surface area contributed by atoms with E-state index < -0.39 is 29.1 Å². The molecule has 8 heterocycles. The number of likely N-dealkylation sites (N-methyl/N-ethyl adjacent to an activating group) is 2. The number of hydrogen-bond donors (Lipinski definition) is 4. The zero-order valence-electron chi connectivity index (χ0n) is 53.3. The standard InChI is InChI=1S/C34H41Cl2N5O3S.C28H29Cl2N3O3S.C6H14N2O/c1-20(2)28-29(32(44)40-21(3)6-15-27(40)31(43)39-17-16-38(5)26(18-39)19-42)45-33-37-34(4,23-9-13-25(36)14-10-23)30(41(28)33)22-7-11-24(35)12-8-22;1-15(2)22-23(25(34)32-16(3)5-14-21(32)26(35)36)37-27-31-28(4,18-8-12-20(30)13-9-18)24(33(22)27)17-6-10-19(29)11-7-17;1-8-3-2-7-4-6(8)5-9/h7-14,20-21,26-27,30,42H,6,15-19H2,1-5H3;6-13,15-16,21,24H,5,14H2,1-4H3,(H,35,36);6-7,9H,2-5H2,1H3/t21-,26+,27+,30-,34+;16-,21+,24-,28+;6-/m110/s1. The van der Waals surface area contributed by atoms with Crippen LogP contribution in [0.1, 0.15) is 115 Å². The Morgan fingerprint density at radius 1 is 0.582 bits per heavy atom. The molecule has 23 heteroatoms. The molecule has 0 aliphatic carbocycles. The Hall–Kier alpha value is -5.16. The molecule has 8 aliphatic heterocycles. The topological polar surface area (TPSA) is 188 Å². The predicted octanol–water partition coefficient (Wildman–Crippen LogP) is 11.3. The lowest BCUT2D eigenvalue weighted by molar-refractivity contribution is -0.147. The van der Waals surface area contributed by atoms with E-state index in [1.54, 1.807) is 4.90 Å². The molecule has 4 aromatic carbocycles. The molecule has 0 saturated carbocycles. The van der Waals surface area contributed by atoms with Crippen molar-refractivity contribution in [3.05, 3.63) is 161 Å². The Labute approximate surface area is 563 Å². The molecule has 10 atom stereocenters. The van der Waals surface area contributed by atoms with Crippen LogP contribution in [0, 0.1) is 11.8 Å². The fraction of sp³-hybridized carbons (Fsp3) is 0.500. The van der Waals surface area contributed by atoms with E-state index in [2.05, 4.69) is 66.5 Å². The molecule has 12 rings (SSSR count). The molecule has 488 valence electrons. The molecule has 17 nitrogen and oxygen atoms in total. The number of thioether (sulfide) groups is 2. The van der Waals surface area contributed by atoms with Gasteiger partial charge in [0.1, 0.15) is 33.0 Å². The van der Waals surface area contributed by atoms with Crippen molar-refractivity contribution in [3.63, 3.8) is 0 Å². The van der Waals surface area contributed by atoms with Gasteiger partial charge in [-0.3, -0.25) is 24.2 Å². The van der Waals surface area contributed by atoms with Gasteiger partial charge in [0.25, 0.3) is 11.8 Å². The first-order chi connectivity index (χ1) is 43.3. The average molecular weight is 1360 g/mol. The number of carboxylic acid groups (broad SMARTS) is 1. The molecule has 0 bridgehead atoms. The summed E-state index contributed by atoms with van der Waals surface area (Å²) in [5, 5.41) is 35.8. The zero-order valence-corrected chi connectivity index (χ0v) is 58.0. The molecule has 0 aromatic heterocycles. The van der Waals surface area contributed by atoms with Gasteiger partial charge in [0, 0.05) is 88.9 Å². The highest BCUT2D eigenvalue weighted by Gasteiger charge is 2.57. The molecule has 4 N–H and O–H groups in total. The van der Waals surface area contributed by atoms with Crippen LogP contribution in [0.3, 0.4) is 0 Å². The summed E-state index contributed by atoms with van der Waals surface area (Å²) in [5.41, 5.74) is 4.58. The highest BCUT2D eigenvalue weighted by atomic mass is 35.5.